The van der Waals surface area contributed by atoms with Crippen LogP contribution in [0.25, 0.3) is 55.3 Å². The lowest BCUT2D eigenvalue weighted by molar-refractivity contribution is 0.102. The number of ketones is 1. The van der Waals surface area contributed by atoms with E-state index < -0.39 is 0 Å². The fraction of sp³-hybridized carbons (Fsp3) is 0.154. The summed E-state index contributed by atoms with van der Waals surface area (Å²) >= 11 is 1.46. The number of carbonyl (C=O) groups excluding carboxylic acids is 1. The standard InChI is InChI=1S/C26H22N8OS/c1-14(35)21-4-5-22(36-21)17-6-7-28-25-23(17)30-26(31-25)24-18-9-19(29-12-20(18)32-33-24)16-8-15(10-27-11-16)13-34(2)3/h4-12H,13H2,1-3H3,(H,32,33)(H,28,30,31). The SMILES string of the molecule is CC(=O)c1ccc(-c2ccnc3nc(-c4n[nH]c5cnc(-c6cncc(CN(C)C)c6)cc45)[nH]c23)s1. The van der Waals surface area contributed by atoms with E-state index in [-0.39, 0.29) is 5.78 Å². The van der Waals surface area contributed by atoms with Crippen molar-refractivity contribution in [2.24, 2.45) is 0 Å². The maximum absolute atomic E-state index is 11.8. The molecule has 0 atom stereocenters. The van der Waals surface area contributed by atoms with E-state index in [0.29, 0.717) is 17.2 Å². The van der Waals surface area contributed by atoms with Gasteiger partial charge in [0, 0.05) is 46.5 Å². The molecule has 6 aromatic rings. The minimum absolute atomic E-state index is 0.0525. The van der Waals surface area contributed by atoms with Gasteiger partial charge in [-0.15, -0.1) is 11.3 Å². The van der Waals surface area contributed by atoms with E-state index in [4.69, 9.17) is 4.98 Å². The number of aromatic nitrogens is 7. The zero-order chi connectivity index (χ0) is 24.8. The van der Waals surface area contributed by atoms with Crippen molar-refractivity contribution in [1.82, 2.24) is 40.0 Å². The van der Waals surface area contributed by atoms with Gasteiger partial charge in [0.15, 0.2) is 17.3 Å². The molecular formula is C26H22N8OS. The molecule has 0 spiro atoms. The molecule has 10 heteroatoms. The summed E-state index contributed by atoms with van der Waals surface area (Å²) in [5.41, 5.74) is 6.70. The summed E-state index contributed by atoms with van der Waals surface area (Å²) in [5, 5.41) is 8.49. The number of nitrogens with one attached hydrogen (secondary N) is 2. The number of imidazole rings is 1. The monoisotopic (exact) mass is 494 g/mol. The van der Waals surface area contributed by atoms with Gasteiger partial charge in [0.25, 0.3) is 0 Å². The molecule has 36 heavy (non-hydrogen) atoms. The molecule has 178 valence electrons. The fourth-order valence-electron chi connectivity index (χ4n) is 4.23. The molecule has 2 N–H and O–H groups in total. The van der Waals surface area contributed by atoms with Crippen LogP contribution >= 0.6 is 11.3 Å². The number of hydrogen-bond donors (Lipinski definition) is 2. The van der Waals surface area contributed by atoms with Crippen LogP contribution in [0.1, 0.15) is 22.2 Å². The number of pyridine rings is 3. The van der Waals surface area contributed by atoms with Crippen molar-refractivity contribution in [3.8, 4) is 33.2 Å². The molecule has 6 rings (SSSR count). The molecule has 6 heterocycles. The first-order valence-electron chi connectivity index (χ1n) is 11.4. The zero-order valence-corrected chi connectivity index (χ0v) is 20.7. The van der Waals surface area contributed by atoms with Crippen LogP contribution in [0, 0.1) is 0 Å². The third-order valence-electron chi connectivity index (χ3n) is 5.87. The third-order valence-corrected chi connectivity index (χ3v) is 7.09. The summed E-state index contributed by atoms with van der Waals surface area (Å²) in [6.45, 7) is 2.37. The van der Waals surface area contributed by atoms with Gasteiger partial charge < -0.3 is 9.88 Å². The molecule has 9 nitrogen and oxygen atoms in total. The van der Waals surface area contributed by atoms with Gasteiger partial charge in [-0.3, -0.25) is 19.9 Å². The van der Waals surface area contributed by atoms with Crippen LogP contribution in [0.5, 0.6) is 0 Å². The van der Waals surface area contributed by atoms with Gasteiger partial charge in [-0.05, 0) is 56.9 Å². The van der Waals surface area contributed by atoms with Crippen LogP contribution in [0.2, 0.25) is 0 Å². The summed E-state index contributed by atoms with van der Waals surface area (Å²) in [5.74, 6) is 0.660. The molecule has 0 fully saturated rings. The average Bonchev–Trinajstić information content (AvgIpc) is 3.60. The lowest BCUT2D eigenvalue weighted by Gasteiger charge is -2.10. The first-order chi connectivity index (χ1) is 17.5. The number of rotatable bonds is 6. The lowest BCUT2D eigenvalue weighted by Crippen LogP contribution is -2.10. The third kappa shape index (κ3) is 3.96. The number of carbonyl (C=O) groups is 1. The Labute approximate surface area is 210 Å². The van der Waals surface area contributed by atoms with Crippen LogP contribution in [-0.2, 0) is 6.54 Å². The second kappa shape index (κ2) is 8.74. The van der Waals surface area contributed by atoms with Crippen LogP contribution in [-0.4, -0.2) is 59.9 Å². The predicted molar refractivity (Wildman–Crippen MR) is 141 cm³/mol. The second-order valence-corrected chi connectivity index (χ2v) is 9.95. The Morgan fingerprint density at radius 1 is 1.08 bits per heavy atom. The number of Topliss-reactive ketones (excluding diaryl/α,β-unsaturated/α-hetero) is 1. The van der Waals surface area contributed by atoms with Crippen molar-refractivity contribution < 1.29 is 4.79 Å². The van der Waals surface area contributed by atoms with E-state index in [0.717, 1.165) is 55.1 Å². The molecule has 6 aromatic heterocycles. The molecule has 0 radical (unpaired) electrons. The van der Waals surface area contributed by atoms with E-state index in [1.807, 2.05) is 50.8 Å². The molecule has 0 aliphatic heterocycles. The average molecular weight is 495 g/mol. The molecule has 0 bridgehead atoms. The number of hydrogen-bond acceptors (Lipinski definition) is 8. The molecule has 0 aliphatic rings. The Kier molecular flexibility index (Phi) is 5.39. The molecule has 0 aromatic carbocycles. The fourth-order valence-corrected chi connectivity index (χ4v) is 5.17. The Balaban J connectivity index is 1.43. The first kappa shape index (κ1) is 22.2. The van der Waals surface area contributed by atoms with Gasteiger partial charge in [-0.1, -0.05) is 0 Å². The van der Waals surface area contributed by atoms with Crippen LogP contribution in [0.3, 0.4) is 0 Å². The van der Waals surface area contributed by atoms with Gasteiger partial charge in [0.2, 0.25) is 0 Å². The number of aromatic amines is 2. The Morgan fingerprint density at radius 3 is 2.78 bits per heavy atom. The smallest absolute Gasteiger partial charge is 0.178 e. The maximum Gasteiger partial charge on any atom is 0.178 e. The Morgan fingerprint density at radius 2 is 1.97 bits per heavy atom. The van der Waals surface area contributed by atoms with Gasteiger partial charge in [-0.2, -0.15) is 5.10 Å². The normalized spacial score (nSPS) is 11.7. The highest BCUT2D eigenvalue weighted by Gasteiger charge is 2.18. The van der Waals surface area contributed by atoms with E-state index in [1.165, 1.54) is 11.3 Å². The highest BCUT2D eigenvalue weighted by molar-refractivity contribution is 7.17. The van der Waals surface area contributed by atoms with Crippen molar-refractivity contribution in [3.63, 3.8) is 0 Å². The Bertz CT molecular complexity index is 1750. The maximum atomic E-state index is 11.8. The molecule has 0 unspecified atom stereocenters. The number of nitrogens with zero attached hydrogens (tertiary/aromatic N) is 6. The number of H-pyrrole nitrogens is 2. The van der Waals surface area contributed by atoms with Crippen molar-refractivity contribution in [3.05, 3.63) is 65.6 Å². The molecule has 0 amide bonds. The van der Waals surface area contributed by atoms with E-state index in [9.17, 15) is 4.79 Å². The van der Waals surface area contributed by atoms with Gasteiger partial charge in [-0.25, -0.2) is 9.97 Å². The number of thiophene rings is 1. The molecular weight excluding hydrogens is 472 g/mol. The summed E-state index contributed by atoms with van der Waals surface area (Å²) in [6.07, 6.45) is 7.20. The molecule has 0 aliphatic carbocycles. The quantitative estimate of drug-likeness (QED) is 0.315. The minimum Gasteiger partial charge on any atom is -0.335 e. The van der Waals surface area contributed by atoms with Gasteiger partial charge in [0.05, 0.1) is 27.8 Å². The van der Waals surface area contributed by atoms with Crippen molar-refractivity contribution in [2.45, 2.75) is 13.5 Å². The van der Waals surface area contributed by atoms with Crippen LogP contribution < -0.4 is 0 Å². The number of fused-ring (bicyclic) bond motifs is 2. The van der Waals surface area contributed by atoms with Gasteiger partial charge >= 0.3 is 0 Å². The van der Waals surface area contributed by atoms with E-state index in [2.05, 4.69) is 41.1 Å². The highest BCUT2D eigenvalue weighted by atomic mass is 32.1. The highest BCUT2D eigenvalue weighted by Crippen LogP contribution is 2.34. The van der Waals surface area contributed by atoms with Crippen molar-refractivity contribution in [2.75, 3.05) is 14.1 Å². The first-order valence-corrected chi connectivity index (χ1v) is 12.2. The van der Waals surface area contributed by atoms with E-state index >= 15 is 0 Å². The predicted octanol–water partition coefficient (Wildman–Crippen LogP) is 4.95. The Hall–Kier alpha value is -4.28. The molecule has 0 saturated carbocycles. The zero-order valence-electron chi connectivity index (χ0n) is 19.9. The van der Waals surface area contributed by atoms with Crippen molar-refractivity contribution in [1.29, 1.82) is 0 Å². The lowest BCUT2D eigenvalue weighted by atomic mass is 10.1. The van der Waals surface area contributed by atoms with Crippen LogP contribution in [0.15, 0.2) is 55.1 Å². The van der Waals surface area contributed by atoms with Gasteiger partial charge in [0.1, 0.15) is 5.69 Å². The van der Waals surface area contributed by atoms with E-state index in [1.54, 1.807) is 19.3 Å². The van der Waals surface area contributed by atoms with Crippen molar-refractivity contribution >= 4 is 39.2 Å². The summed E-state index contributed by atoms with van der Waals surface area (Å²) in [4.78, 5) is 37.2. The minimum atomic E-state index is 0.0525. The molecule has 0 saturated heterocycles. The topological polar surface area (TPSA) is 116 Å². The summed E-state index contributed by atoms with van der Waals surface area (Å²) in [7, 11) is 4.06. The summed E-state index contributed by atoms with van der Waals surface area (Å²) in [6, 6.07) is 9.85. The summed E-state index contributed by atoms with van der Waals surface area (Å²) < 4.78 is 0. The largest absolute Gasteiger partial charge is 0.335 e. The van der Waals surface area contributed by atoms with Crippen LogP contribution in [0.4, 0.5) is 0 Å². The second-order valence-electron chi connectivity index (χ2n) is 8.87.